The van der Waals surface area contributed by atoms with E-state index in [9.17, 15) is 9.59 Å². The zero-order chi connectivity index (χ0) is 14.7. The van der Waals surface area contributed by atoms with Crippen LogP contribution in [0.3, 0.4) is 0 Å². The summed E-state index contributed by atoms with van der Waals surface area (Å²) in [6.45, 7) is 5.57. The zero-order valence-corrected chi connectivity index (χ0v) is 11.8. The van der Waals surface area contributed by atoms with Crippen molar-refractivity contribution in [3.63, 3.8) is 0 Å². The van der Waals surface area contributed by atoms with Crippen molar-refractivity contribution < 1.29 is 4.79 Å². The third-order valence-corrected chi connectivity index (χ3v) is 3.13. The number of carbonyl (C=O) groups excluding carboxylic acids is 1. The number of amides is 1. The second kappa shape index (κ2) is 5.69. The van der Waals surface area contributed by atoms with Gasteiger partial charge < -0.3 is 5.32 Å². The molecular formula is C15H17N3O2. The Bertz CT molecular complexity index is 692. The summed E-state index contributed by atoms with van der Waals surface area (Å²) in [6.07, 6.45) is 1.49. The second-order valence-electron chi connectivity index (χ2n) is 4.79. The topological polar surface area (TPSA) is 64.0 Å². The molecule has 1 N–H and O–H groups in total. The summed E-state index contributed by atoms with van der Waals surface area (Å²) >= 11 is 0. The predicted molar refractivity (Wildman–Crippen MR) is 77.8 cm³/mol. The van der Waals surface area contributed by atoms with E-state index in [0.29, 0.717) is 0 Å². The Kier molecular flexibility index (Phi) is 3.98. The molecule has 5 heteroatoms. The molecule has 20 heavy (non-hydrogen) atoms. The zero-order valence-electron chi connectivity index (χ0n) is 11.8. The molecule has 1 unspecified atom stereocenters. The minimum atomic E-state index is -0.663. The average Bonchev–Trinajstić information content (AvgIpc) is 2.41. The monoisotopic (exact) mass is 271 g/mol. The van der Waals surface area contributed by atoms with Crippen LogP contribution in [0.5, 0.6) is 0 Å². The minimum absolute atomic E-state index is 0.266. The lowest BCUT2D eigenvalue weighted by molar-refractivity contribution is -0.119. The van der Waals surface area contributed by atoms with E-state index >= 15 is 0 Å². The normalized spacial score (nSPS) is 11.9. The van der Waals surface area contributed by atoms with E-state index in [-0.39, 0.29) is 11.5 Å². The van der Waals surface area contributed by atoms with Crippen LogP contribution in [0.2, 0.25) is 0 Å². The smallest absolute Gasteiger partial charge is 0.267 e. The highest BCUT2D eigenvalue weighted by Gasteiger charge is 2.17. The van der Waals surface area contributed by atoms with E-state index in [0.717, 1.165) is 16.8 Å². The molecular weight excluding hydrogens is 254 g/mol. The van der Waals surface area contributed by atoms with E-state index in [2.05, 4.69) is 10.4 Å². The van der Waals surface area contributed by atoms with Crippen molar-refractivity contribution in [1.29, 1.82) is 0 Å². The number of hydrogen-bond acceptors (Lipinski definition) is 3. The molecule has 104 valence electrons. The van der Waals surface area contributed by atoms with Gasteiger partial charge in [-0.2, -0.15) is 5.10 Å². The summed E-state index contributed by atoms with van der Waals surface area (Å²) in [5, 5.41) is 6.75. The largest absolute Gasteiger partial charge is 0.324 e. The molecule has 0 aliphatic heterocycles. The summed E-state index contributed by atoms with van der Waals surface area (Å²) in [5.41, 5.74) is 2.57. The standard InChI is InChI=1S/C15H17N3O2/c1-10-6-7-13(11(2)9-10)17-15(20)12(3)18-14(19)5-4-8-16-18/h4-9,12H,1-3H3,(H,17,20). The third-order valence-electron chi connectivity index (χ3n) is 3.13. The van der Waals surface area contributed by atoms with Gasteiger partial charge in [0, 0.05) is 18.0 Å². The van der Waals surface area contributed by atoms with Crippen LogP contribution in [0.15, 0.2) is 41.3 Å². The number of aryl methyl sites for hydroxylation is 2. The fraction of sp³-hybridized carbons (Fsp3) is 0.267. The molecule has 2 aromatic rings. The van der Waals surface area contributed by atoms with Gasteiger partial charge >= 0.3 is 0 Å². The van der Waals surface area contributed by atoms with Gasteiger partial charge in [0.1, 0.15) is 6.04 Å². The van der Waals surface area contributed by atoms with Crippen LogP contribution in [0, 0.1) is 13.8 Å². The lowest BCUT2D eigenvalue weighted by atomic mass is 10.1. The van der Waals surface area contributed by atoms with E-state index < -0.39 is 6.04 Å². The molecule has 1 heterocycles. The van der Waals surface area contributed by atoms with Crippen LogP contribution in [-0.2, 0) is 4.79 Å². The van der Waals surface area contributed by atoms with Crippen molar-refractivity contribution in [2.24, 2.45) is 0 Å². The van der Waals surface area contributed by atoms with Gasteiger partial charge in [-0.3, -0.25) is 9.59 Å². The number of carbonyl (C=O) groups is 1. The molecule has 0 fully saturated rings. The molecule has 1 aromatic carbocycles. The highest BCUT2D eigenvalue weighted by Crippen LogP contribution is 2.17. The van der Waals surface area contributed by atoms with Crippen molar-refractivity contribution in [1.82, 2.24) is 9.78 Å². The number of rotatable bonds is 3. The van der Waals surface area contributed by atoms with Crippen LogP contribution >= 0.6 is 0 Å². The first-order valence-electron chi connectivity index (χ1n) is 6.41. The minimum Gasteiger partial charge on any atom is -0.324 e. The van der Waals surface area contributed by atoms with Crippen molar-refractivity contribution in [2.75, 3.05) is 5.32 Å². The fourth-order valence-corrected chi connectivity index (χ4v) is 1.96. The van der Waals surface area contributed by atoms with Crippen molar-refractivity contribution in [2.45, 2.75) is 26.8 Å². The van der Waals surface area contributed by atoms with Gasteiger partial charge in [-0.25, -0.2) is 4.68 Å². The Labute approximate surface area is 117 Å². The maximum atomic E-state index is 12.2. The Morgan fingerprint density at radius 2 is 2.05 bits per heavy atom. The van der Waals surface area contributed by atoms with E-state index in [1.165, 1.54) is 16.9 Å². The van der Waals surface area contributed by atoms with Crippen LogP contribution < -0.4 is 10.9 Å². The number of hydrogen-bond donors (Lipinski definition) is 1. The van der Waals surface area contributed by atoms with Crippen LogP contribution in [-0.4, -0.2) is 15.7 Å². The number of nitrogens with one attached hydrogen (secondary N) is 1. The molecule has 0 spiro atoms. The van der Waals surface area contributed by atoms with Gasteiger partial charge in [-0.15, -0.1) is 0 Å². The Hall–Kier alpha value is -2.43. The van der Waals surface area contributed by atoms with Crippen LogP contribution in [0.25, 0.3) is 0 Å². The molecule has 0 aliphatic rings. The molecule has 0 saturated heterocycles. The van der Waals surface area contributed by atoms with Crippen LogP contribution in [0.1, 0.15) is 24.1 Å². The quantitative estimate of drug-likeness (QED) is 0.929. The fourth-order valence-electron chi connectivity index (χ4n) is 1.96. The Balaban J connectivity index is 2.20. The van der Waals surface area contributed by atoms with E-state index in [4.69, 9.17) is 0 Å². The summed E-state index contributed by atoms with van der Waals surface area (Å²) in [5.74, 6) is -0.266. The molecule has 0 bridgehead atoms. The van der Waals surface area contributed by atoms with Gasteiger partial charge in [0.25, 0.3) is 5.56 Å². The molecule has 1 amide bonds. The maximum absolute atomic E-state index is 12.2. The number of aromatic nitrogens is 2. The lowest BCUT2D eigenvalue weighted by Gasteiger charge is -2.15. The summed E-state index contributed by atoms with van der Waals surface area (Å²) in [6, 6.07) is 8.05. The Morgan fingerprint density at radius 3 is 2.70 bits per heavy atom. The predicted octanol–water partition coefficient (Wildman–Crippen LogP) is 2.06. The summed E-state index contributed by atoms with van der Waals surface area (Å²) in [7, 11) is 0. The molecule has 0 aliphatic carbocycles. The SMILES string of the molecule is Cc1ccc(NC(=O)C(C)n2ncccc2=O)c(C)c1. The highest BCUT2D eigenvalue weighted by molar-refractivity contribution is 5.94. The van der Waals surface area contributed by atoms with Gasteiger partial charge in [0.2, 0.25) is 5.91 Å². The first kappa shape index (κ1) is 14.0. The second-order valence-corrected chi connectivity index (χ2v) is 4.79. The van der Waals surface area contributed by atoms with Gasteiger partial charge in [0.05, 0.1) is 0 Å². The number of benzene rings is 1. The number of nitrogens with zero attached hydrogens (tertiary/aromatic N) is 2. The molecule has 0 saturated carbocycles. The lowest BCUT2D eigenvalue weighted by Crippen LogP contribution is -2.32. The van der Waals surface area contributed by atoms with Gasteiger partial charge in [0.15, 0.2) is 0 Å². The van der Waals surface area contributed by atoms with Gasteiger partial charge in [-0.05, 0) is 38.5 Å². The molecule has 1 atom stereocenters. The molecule has 1 aromatic heterocycles. The first-order chi connectivity index (χ1) is 9.49. The molecule has 5 nitrogen and oxygen atoms in total. The average molecular weight is 271 g/mol. The van der Waals surface area contributed by atoms with E-state index in [1.54, 1.807) is 13.0 Å². The van der Waals surface area contributed by atoms with Crippen molar-refractivity contribution >= 4 is 11.6 Å². The van der Waals surface area contributed by atoms with Gasteiger partial charge in [-0.1, -0.05) is 17.7 Å². The summed E-state index contributed by atoms with van der Waals surface area (Å²) in [4.78, 5) is 23.8. The molecule has 0 radical (unpaired) electrons. The third kappa shape index (κ3) is 2.93. The first-order valence-corrected chi connectivity index (χ1v) is 6.41. The number of anilines is 1. The van der Waals surface area contributed by atoms with Crippen molar-refractivity contribution in [3.05, 3.63) is 58.0 Å². The molecule has 2 rings (SSSR count). The highest BCUT2D eigenvalue weighted by atomic mass is 16.2. The van der Waals surface area contributed by atoms with E-state index in [1.807, 2.05) is 32.0 Å². The summed E-state index contributed by atoms with van der Waals surface area (Å²) < 4.78 is 1.17. The Morgan fingerprint density at radius 1 is 1.30 bits per heavy atom. The van der Waals surface area contributed by atoms with Crippen molar-refractivity contribution in [3.8, 4) is 0 Å². The maximum Gasteiger partial charge on any atom is 0.267 e. The van der Waals surface area contributed by atoms with Crippen LogP contribution in [0.4, 0.5) is 5.69 Å².